The molecule has 0 atom stereocenters. The van der Waals surface area contributed by atoms with Gasteiger partial charge in [-0.3, -0.25) is 18.7 Å². The van der Waals surface area contributed by atoms with Gasteiger partial charge in [0.2, 0.25) is 0 Å². The fourth-order valence-electron chi connectivity index (χ4n) is 2.85. The van der Waals surface area contributed by atoms with Crippen molar-refractivity contribution in [1.29, 1.82) is 0 Å². The minimum Gasteiger partial charge on any atom is -0.299 e. The van der Waals surface area contributed by atoms with E-state index in [9.17, 15) is 9.59 Å². The Balaban J connectivity index is 1.74. The van der Waals surface area contributed by atoms with Crippen LogP contribution in [0, 0.1) is 0 Å². The topological polar surface area (TPSA) is 69.8 Å². The third-order valence-electron chi connectivity index (χ3n) is 4.35. The van der Waals surface area contributed by atoms with Gasteiger partial charge in [-0.1, -0.05) is 36.0 Å². The van der Waals surface area contributed by atoms with E-state index in [1.807, 2.05) is 36.4 Å². The fraction of sp³-hybridized carbons (Fsp3) is 0.158. The van der Waals surface area contributed by atoms with Gasteiger partial charge in [0.1, 0.15) is 5.82 Å². The number of benzene rings is 2. The molecule has 2 aromatic carbocycles. The molecule has 0 bridgehead atoms. The van der Waals surface area contributed by atoms with Crippen molar-refractivity contribution in [1.82, 2.24) is 19.1 Å². The zero-order chi connectivity index (χ0) is 18.3. The lowest BCUT2D eigenvalue weighted by atomic mass is 10.2. The Hall–Kier alpha value is -2.93. The molecule has 0 amide bonds. The summed E-state index contributed by atoms with van der Waals surface area (Å²) in [6.45, 7) is 0. The second-order valence-corrected chi connectivity index (χ2v) is 6.92. The van der Waals surface area contributed by atoms with Crippen LogP contribution < -0.4 is 11.1 Å². The minimum atomic E-state index is -0.0848. The average Bonchev–Trinajstić information content (AvgIpc) is 2.67. The van der Waals surface area contributed by atoms with Crippen molar-refractivity contribution in [2.75, 3.05) is 0 Å². The maximum absolute atomic E-state index is 12.5. The molecule has 2 heterocycles. The number of thioether (sulfide) groups is 1. The number of nitrogens with zero attached hydrogens (tertiary/aromatic N) is 4. The van der Waals surface area contributed by atoms with Gasteiger partial charge in [0.25, 0.3) is 11.1 Å². The first-order valence-electron chi connectivity index (χ1n) is 8.09. The number of hydrogen-bond acceptors (Lipinski definition) is 5. The van der Waals surface area contributed by atoms with Crippen LogP contribution in [-0.2, 0) is 19.8 Å². The molecule has 0 saturated heterocycles. The van der Waals surface area contributed by atoms with Crippen LogP contribution in [0.2, 0.25) is 0 Å². The van der Waals surface area contributed by atoms with Gasteiger partial charge in [-0.2, -0.15) is 0 Å². The molecular weight excluding hydrogens is 348 g/mol. The summed E-state index contributed by atoms with van der Waals surface area (Å²) in [5, 5.41) is 1.78. The first-order valence-corrected chi connectivity index (χ1v) is 9.08. The van der Waals surface area contributed by atoms with E-state index in [4.69, 9.17) is 0 Å². The van der Waals surface area contributed by atoms with Crippen LogP contribution in [0.4, 0.5) is 0 Å². The molecule has 0 spiro atoms. The lowest BCUT2D eigenvalue weighted by molar-refractivity contribution is 0.723. The van der Waals surface area contributed by atoms with Crippen LogP contribution >= 0.6 is 11.8 Å². The van der Waals surface area contributed by atoms with Crippen molar-refractivity contribution < 1.29 is 0 Å². The predicted octanol–water partition coefficient (Wildman–Crippen LogP) is 2.47. The summed E-state index contributed by atoms with van der Waals surface area (Å²) in [4.78, 5) is 34.2. The molecule has 2 aromatic heterocycles. The molecule has 0 aliphatic carbocycles. The first kappa shape index (κ1) is 16.5. The molecule has 4 rings (SSSR count). The van der Waals surface area contributed by atoms with Gasteiger partial charge in [0, 0.05) is 14.1 Å². The Kier molecular flexibility index (Phi) is 4.08. The van der Waals surface area contributed by atoms with Crippen molar-refractivity contribution in [2.24, 2.45) is 14.1 Å². The highest BCUT2D eigenvalue weighted by molar-refractivity contribution is 7.98. The van der Waals surface area contributed by atoms with E-state index in [0.717, 1.165) is 0 Å². The molecule has 6 nitrogen and oxygen atoms in total. The van der Waals surface area contributed by atoms with Crippen LogP contribution in [0.25, 0.3) is 21.8 Å². The summed E-state index contributed by atoms with van der Waals surface area (Å²) in [6.07, 6.45) is 0. The van der Waals surface area contributed by atoms with Gasteiger partial charge in [0.15, 0.2) is 5.16 Å². The molecule has 0 saturated carbocycles. The van der Waals surface area contributed by atoms with E-state index < -0.39 is 0 Å². The molecule has 0 aliphatic heterocycles. The first-order chi connectivity index (χ1) is 12.6. The summed E-state index contributed by atoms with van der Waals surface area (Å²) >= 11 is 1.39. The quantitative estimate of drug-likeness (QED) is 0.413. The summed E-state index contributed by atoms with van der Waals surface area (Å²) in [6, 6.07) is 14.6. The van der Waals surface area contributed by atoms with Gasteiger partial charge < -0.3 is 0 Å². The lowest BCUT2D eigenvalue weighted by Gasteiger charge is -2.11. The van der Waals surface area contributed by atoms with Crippen LogP contribution in [0.3, 0.4) is 0 Å². The highest BCUT2D eigenvalue weighted by atomic mass is 32.2. The number of aromatic nitrogens is 4. The van der Waals surface area contributed by atoms with Gasteiger partial charge in [-0.25, -0.2) is 9.97 Å². The second-order valence-electron chi connectivity index (χ2n) is 5.97. The minimum absolute atomic E-state index is 0.0773. The van der Waals surface area contributed by atoms with Gasteiger partial charge in [-0.05, 0) is 24.3 Å². The number of para-hydroxylation sites is 2. The normalized spacial score (nSPS) is 11.3. The van der Waals surface area contributed by atoms with E-state index in [0.29, 0.717) is 38.5 Å². The highest BCUT2D eigenvalue weighted by Crippen LogP contribution is 2.21. The number of hydrogen-bond donors (Lipinski definition) is 0. The number of rotatable bonds is 3. The van der Waals surface area contributed by atoms with Gasteiger partial charge >= 0.3 is 0 Å². The molecule has 0 N–H and O–H groups in total. The van der Waals surface area contributed by atoms with Crippen LogP contribution in [0.15, 0.2) is 63.3 Å². The maximum Gasteiger partial charge on any atom is 0.261 e. The molecule has 130 valence electrons. The molecule has 26 heavy (non-hydrogen) atoms. The third kappa shape index (κ3) is 2.70. The monoisotopic (exact) mass is 364 g/mol. The molecular formula is C19H16N4O2S. The van der Waals surface area contributed by atoms with Gasteiger partial charge in [-0.15, -0.1) is 0 Å². The fourth-order valence-corrected chi connectivity index (χ4v) is 3.80. The predicted molar refractivity (Wildman–Crippen MR) is 104 cm³/mol. The molecule has 0 aliphatic rings. The Morgan fingerprint density at radius 3 is 2.00 bits per heavy atom. The Labute approximate surface area is 153 Å². The summed E-state index contributed by atoms with van der Waals surface area (Å²) in [7, 11) is 3.42. The Bertz CT molecular complexity index is 1160. The molecule has 7 heteroatoms. The van der Waals surface area contributed by atoms with E-state index in [2.05, 4.69) is 9.97 Å². The van der Waals surface area contributed by atoms with E-state index in [-0.39, 0.29) is 11.1 Å². The van der Waals surface area contributed by atoms with Crippen molar-refractivity contribution in [3.05, 3.63) is 75.1 Å². The average molecular weight is 364 g/mol. The summed E-state index contributed by atoms with van der Waals surface area (Å²) in [5.41, 5.74) is 1.18. The zero-order valence-corrected chi connectivity index (χ0v) is 15.2. The second kappa shape index (κ2) is 6.42. The molecule has 4 aromatic rings. The Morgan fingerprint density at radius 2 is 1.35 bits per heavy atom. The molecule has 0 fully saturated rings. The van der Waals surface area contributed by atoms with Crippen molar-refractivity contribution in [3.63, 3.8) is 0 Å². The van der Waals surface area contributed by atoms with E-state index in [1.165, 1.54) is 16.3 Å². The summed E-state index contributed by atoms with van der Waals surface area (Å²) < 4.78 is 3.08. The largest absolute Gasteiger partial charge is 0.299 e. The van der Waals surface area contributed by atoms with Crippen LogP contribution in [0.1, 0.15) is 5.82 Å². The van der Waals surface area contributed by atoms with Crippen molar-refractivity contribution in [3.8, 4) is 0 Å². The van der Waals surface area contributed by atoms with Gasteiger partial charge in [0.05, 0.1) is 27.6 Å². The van der Waals surface area contributed by atoms with Crippen molar-refractivity contribution >= 4 is 33.6 Å². The highest BCUT2D eigenvalue weighted by Gasteiger charge is 2.12. The molecule has 0 unspecified atom stereocenters. The van der Waals surface area contributed by atoms with Crippen LogP contribution in [0.5, 0.6) is 0 Å². The Morgan fingerprint density at radius 1 is 0.808 bits per heavy atom. The standard InChI is InChI=1S/C19H16N4O2S/c1-22-16(20-14-9-5-3-7-12(14)17(22)24)11-26-19-21-15-10-6-4-8-13(15)18(25)23(19)2/h3-10H,11H2,1-2H3. The molecule has 0 radical (unpaired) electrons. The van der Waals surface area contributed by atoms with Crippen LogP contribution in [-0.4, -0.2) is 19.1 Å². The lowest BCUT2D eigenvalue weighted by Crippen LogP contribution is -2.23. The van der Waals surface area contributed by atoms with E-state index in [1.54, 1.807) is 30.8 Å². The smallest absolute Gasteiger partial charge is 0.261 e. The van der Waals surface area contributed by atoms with E-state index >= 15 is 0 Å². The SMILES string of the molecule is Cn1c(CSc2nc3ccccc3c(=O)n2C)nc2ccccc2c1=O. The zero-order valence-electron chi connectivity index (χ0n) is 14.3. The number of fused-ring (bicyclic) bond motifs is 2. The summed E-state index contributed by atoms with van der Waals surface area (Å²) in [5.74, 6) is 1.08. The maximum atomic E-state index is 12.5. The van der Waals surface area contributed by atoms with Crippen molar-refractivity contribution in [2.45, 2.75) is 10.9 Å². The third-order valence-corrected chi connectivity index (χ3v) is 5.37.